The first-order chi connectivity index (χ1) is 6.63. The normalized spacial score (nSPS) is 12.5. The minimum atomic E-state index is -0.291. The fraction of sp³-hybridized carbons (Fsp3) is 0.455. The summed E-state index contributed by atoms with van der Waals surface area (Å²) in [7, 11) is 1.63. The van der Waals surface area contributed by atoms with Gasteiger partial charge < -0.3 is 15.6 Å². The highest BCUT2D eigenvalue weighted by Gasteiger charge is 2.03. The smallest absolute Gasteiger partial charge is 0.119 e. The summed E-state index contributed by atoms with van der Waals surface area (Å²) in [5, 5.41) is 9.16. The Morgan fingerprint density at radius 3 is 2.79 bits per heavy atom. The molecule has 78 valence electrons. The summed E-state index contributed by atoms with van der Waals surface area (Å²) in [5.41, 5.74) is 7.58. The second-order valence-corrected chi connectivity index (χ2v) is 3.45. The molecule has 0 saturated carbocycles. The van der Waals surface area contributed by atoms with Crippen molar-refractivity contribution in [3.05, 3.63) is 23.8 Å². The van der Waals surface area contributed by atoms with Gasteiger partial charge in [0.2, 0.25) is 0 Å². The third-order valence-corrected chi connectivity index (χ3v) is 2.18. The molecule has 0 heterocycles. The van der Waals surface area contributed by atoms with Gasteiger partial charge in [-0.05, 0) is 43.5 Å². The van der Waals surface area contributed by atoms with Gasteiger partial charge in [0.25, 0.3) is 0 Å². The van der Waals surface area contributed by atoms with Gasteiger partial charge in [0.15, 0.2) is 0 Å². The monoisotopic (exact) mass is 195 g/mol. The number of hydrogen-bond acceptors (Lipinski definition) is 3. The lowest BCUT2D eigenvalue weighted by Gasteiger charge is -2.09. The van der Waals surface area contributed by atoms with Crippen LogP contribution in [0.3, 0.4) is 0 Å². The largest absolute Gasteiger partial charge is 0.497 e. The molecule has 1 atom stereocenters. The Balaban J connectivity index is 2.73. The fourth-order valence-corrected chi connectivity index (χ4v) is 1.29. The molecular weight excluding hydrogens is 178 g/mol. The molecular formula is C11H17NO2. The van der Waals surface area contributed by atoms with Crippen LogP contribution in [-0.4, -0.2) is 18.3 Å². The van der Waals surface area contributed by atoms with Gasteiger partial charge in [-0.2, -0.15) is 0 Å². The molecule has 14 heavy (non-hydrogen) atoms. The molecule has 3 heteroatoms. The van der Waals surface area contributed by atoms with Crippen LogP contribution < -0.4 is 10.5 Å². The van der Waals surface area contributed by atoms with Crippen LogP contribution in [0.25, 0.3) is 0 Å². The Morgan fingerprint density at radius 2 is 2.21 bits per heavy atom. The van der Waals surface area contributed by atoms with Crippen LogP contribution in [0.5, 0.6) is 5.75 Å². The van der Waals surface area contributed by atoms with E-state index in [2.05, 4.69) is 0 Å². The number of anilines is 1. The lowest BCUT2D eigenvalue weighted by Crippen LogP contribution is -2.03. The lowest BCUT2D eigenvalue weighted by atomic mass is 10.1. The van der Waals surface area contributed by atoms with Crippen molar-refractivity contribution in [1.82, 2.24) is 0 Å². The van der Waals surface area contributed by atoms with Crippen LogP contribution in [0, 0.1) is 0 Å². The van der Waals surface area contributed by atoms with E-state index in [1.165, 1.54) is 0 Å². The summed E-state index contributed by atoms with van der Waals surface area (Å²) in [6, 6.07) is 5.58. The molecule has 0 saturated heterocycles. The van der Waals surface area contributed by atoms with Crippen molar-refractivity contribution in [1.29, 1.82) is 0 Å². The van der Waals surface area contributed by atoms with Crippen molar-refractivity contribution in [2.45, 2.75) is 25.9 Å². The SMILES string of the molecule is COc1ccc(N)c(CCC(C)O)c1. The number of hydrogen-bond donors (Lipinski definition) is 2. The van der Waals surface area contributed by atoms with Crippen LogP contribution in [0.1, 0.15) is 18.9 Å². The highest BCUT2D eigenvalue weighted by atomic mass is 16.5. The second-order valence-electron chi connectivity index (χ2n) is 3.45. The Bertz CT molecular complexity index is 297. The lowest BCUT2D eigenvalue weighted by molar-refractivity contribution is 0.185. The summed E-state index contributed by atoms with van der Waals surface area (Å²) >= 11 is 0. The summed E-state index contributed by atoms with van der Waals surface area (Å²) in [5.74, 6) is 0.805. The Labute approximate surface area is 84.5 Å². The molecule has 0 radical (unpaired) electrons. The molecule has 0 spiro atoms. The van der Waals surface area contributed by atoms with Gasteiger partial charge in [0.1, 0.15) is 5.75 Å². The van der Waals surface area contributed by atoms with Crippen molar-refractivity contribution >= 4 is 5.69 Å². The topological polar surface area (TPSA) is 55.5 Å². The van der Waals surface area contributed by atoms with E-state index in [9.17, 15) is 0 Å². The van der Waals surface area contributed by atoms with Crippen LogP contribution in [0.15, 0.2) is 18.2 Å². The first-order valence-electron chi connectivity index (χ1n) is 4.74. The molecule has 1 unspecified atom stereocenters. The van der Waals surface area contributed by atoms with Gasteiger partial charge in [-0.3, -0.25) is 0 Å². The number of nitrogens with two attached hydrogens (primary N) is 1. The number of aliphatic hydroxyl groups excluding tert-OH is 1. The van der Waals surface area contributed by atoms with Crippen molar-refractivity contribution in [3.8, 4) is 5.75 Å². The number of nitrogen functional groups attached to an aromatic ring is 1. The molecule has 0 fully saturated rings. The summed E-state index contributed by atoms with van der Waals surface area (Å²) in [4.78, 5) is 0. The summed E-state index contributed by atoms with van der Waals surface area (Å²) in [6.07, 6.45) is 1.21. The minimum absolute atomic E-state index is 0.291. The van der Waals surface area contributed by atoms with Gasteiger partial charge in [0.05, 0.1) is 13.2 Å². The number of aryl methyl sites for hydroxylation is 1. The zero-order valence-electron chi connectivity index (χ0n) is 8.66. The molecule has 0 aromatic heterocycles. The number of rotatable bonds is 4. The third-order valence-electron chi connectivity index (χ3n) is 2.18. The standard InChI is InChI=1S/C11H17NO2/c1-8(13)3-4-9-7-10(14-2)5-6-11(9)12/h5-8,13H,3-4,12H2,1-2H3. The first-order valence-corrected chi connectivity index (χ1v) is 4.74. The molecule has 3 nitrogen and oxygen atoms in total. The molecule has 0 aliphatic carbocycles. The van der Waals surface area contributed by atoms with Gasteiger partial charge in [0, 0.05) is 5.69 Å². The van der Waals surface area contributed by atoms with Crippen LogP contribution >= 0.6 is 0 Å². The molecule has 0 amide bonds. The van der Waals surface area contributed by atoms with E-state index in [4.69, 9.17) is 15.6 Å². The predicted molar refractivity (Wildman–Crippen MR) is 57.4 cm³/mol. The van der Waals surface area contributed by atoms with Crippen LogP contribution in [0.4, 0.5) is 5.69 Å². The minimum Gasteiger partial charge on any atom is -0.497 e. The number of benzene rings is 1. The average molecular weight is 195 g/mol. The van der Waals surface area contributed by atoms with E-state index in [0.29, 0.717) is 0 Å². The van der Waals surface area contributed by atoms with Crippen molar-refractivity contribution in [2.24, 2.45) is 0 Å². The molecule has 0 aliphatic heterocycles. The van der Waals surface area contributed by atoms with Gasteiger partial charge in [-0.1, -0.05) is 0 Å². The fourth-order valence-electron chi connectivity index (χ4n) is 1.29. The van der Waals surface area contributed by atoms with E-state index in [0.717, 1.165) is 29.8 Å². The van der Waals surface area contributed by atoms with Crippen molar-refractivity contribution in [2.75, 3.05) is 12.8 Å². The Hall–Kier alpha value is -1.22. The molecule has 3 N–H and O–H groups in total. The Kier molecular flexibility index (Phi) is 3.77. The zero-order valence-corrected chi connectivity index (χ0v) is 8.66. The quantitative estimate of drug-likeness (QED) is 0.717. The predicted octanol–water partition coefficient (Wildman–Crippen LogP) is 1.59. The average Bonchev–Trinajstić information content (AvgIpc) is 2.16. The van der Waals surface area contributed by atoms with E-state index in [1.807, 2.05) is 18.2 Å². The van der Waals surface area contributed by atoms with Crippen molar-refractivity contribution < 1.29 is 9.84 Å². The third kappa shape index (κ3) is 2.92. The van der Waals surface area contributed by atoms with Crippen LogP contribution in [0.2, 0.25) is 0 Å². The van der Waals surface area contributed by atoms with E-state index < -0.39 is 0 Å². The second kappa shape index (κ2) is 4.86. The van der Waals surface area contributed by atoms with E-state index in [-0.39, 0.29) is 6.10 Å². The molecule has 0 bridgehead atoms. The summed E-state index contributed by atoms with van der Waals surface area (Å²) < 4.78 is 5.10. The number of ether oxygens (including phenoxy) is 1. The molecule has 1 rings (SSSR count). The Morgan fingerprint density at radius 1 is 1.50 bits per heavy atom. The number of methoxy groups -OCH3 is 1. The molecule has 0 aliphatic rings. The molecule has 1 aromatic rings. The van der Waals surface area contributed by atoms with Gasteiger partial charge in [-0.25, -0.2) is 0 Å². The maximum absolute atomic E-state index is 9.16. The highest BCUT2D eigenvalue weighted by Crippen LogP contribution is 2.21. The maximum atomic E-state index is 9.16. The van der Waals surface area contributed by atoms with Gasteiger partial charge >= 0.3 is 0 Å². The maximum Gasteiger partial charge on any atom is 0.119 e. The first kappa shape index (κ1) is 10.9. The molecule has 1 aromatic carbocycles. The summed E-state index contributed by atoms with van der Waals surface area (Å²) in [6.45, 7) is 1.77. The van der Waals surface area contributed by atoms with Crippen molar-refractivity contribution in [3.63, 3.8) is 0 Å². The van der Waals surface area contributed by atoms with E-state index in [1.54, 1.807) is 14.0 Å². The van der Waals surface area contributed by atoms with Crippen LogP contribution in [-0.2, 0) is 6.42 Å². The van der Waals surface area contributed by atoms with E-state index >= 15 is 0 Å². The zero-order chi connectivity index (χ0) is 10.6. The highest BCUT2D eigenvalue weighted by molar-refractivity contribution is 5.50. The number of aliphatic hydroxyl groups is 1. The van der Waals surface area contributed by atoms with Gasteiger partial charge in [-0.15, -0.1) is 0 Å².